The lowest BCUT2D eigenvalue weighted by atomic mass is 10.1. The van der Waals surface area contributed by atoms with Crippen LogP contribution >= 0.6 is 0 Å². The summed E-state index contributed by atoms with van der Waals surface area (Å²) in [5.41, 5.74) is 0. The SMILES string of the molecule is CN(C)S(=O)(=O)c1ccccc1S(=O)(=O)N1CCCCC1C(=O)O. The van der Waals surface area contributed by atoms with Gasteiger partial charge in [-0.15, -0.1) is 0 Å². The maximum absolute atomic E-state index is 13.0. The number of piperidine rings is 1. The predicted molar refractivity (Wildman–Crippen MR) is 86.5 cm³/mol. The zero-order valence-electron chi connectivity index (χ0n) is 13.4. The fourth-order valence-corrected chi connectivity index (χ4v) is 5.96. The second kappa shape index (κ2) is 6.79. The normalized spacial score (nSPS) is 20.2. The van der Waals surface area contributed by atoms with Gasteiger partial charge in [0.05, 0.1) is 0 Å². The maximum atomic E-state index is 13.0. The lowest BCUT2D eigenvalue weighted by Crippen LogP contribution is -2.48. The number of sulfonamides is 2. The molecule has 0 aromatic heterocycles. The first-order valence-corrected chi connectivity index (χ1v) is 10.2. The molecule has 2 rings (SSSR count). The van der Waals surface area contributed by atoms with E-state index < -0.39 is 37.0 Å². The van der Waals surface area contributed by atoms with Gasteiger partial charge in [0, 0.05) is 20.6 Å². The predicted octanol–water partition coefficient (Wildman–Crippen LogP) is 0.565. The lowest BCUT2D eigenvalue weighted by molar-refractivity contribution is -0.142. The summed E-state index contributed by atoms with van der Waals surface area (Å²) in [7, 11) is -5.63. The Bertz CT molecular complexity index is 833. The van der Waals surface area contributed by atoms with Gasteiger partial charge in [-0.25, -0.2) is 21.1 Å². The Morgan fingerprint density at radius 2 is 1.71 bits per heavy atom. The Morgan fingerprint density at radius 3 is 2.25 bits per heavy atom. The summed E-state index contributed by atoms with van der Waals surface area (Å²) in [5, 5.41) is 9.30. The number of rotatable bonds is 5. The highest BCUT2D eigenvalue weighted by Crippen LogP contribution is 2.30. The Hall–Kier alpha value is -1.49. The molecule has 1 aliphatic heterocycles. The van der Waals surface area contributed by atoms with Crippen LogP contribution < -0.4 is 0 Å². The van der Waals surface area contributed by atoms with Crippen molar-refractivity contribution in [2.45, 2.75) is 35.1 Å². The summed E-state index contributed by atoms with van der Waals surface area (Å²) >= 11 is 0. The highest BCUT2D eigenvalue weighted by molar-refractivity contribution is 7.92. The van der Waals surface area contributed by atoms with Gasteiger partial charge in [-0.1, -0.05) is 12.1 Å². The maximum Gasteiger partial charge on any atom is 0.322 e. The zero-order valence-corrected chi connectivity index (χ0v) is 15.0. The summed E-state index contributed by atoms with van der Waals surface area (Å²) in [4.78, 5) is 10.6. The summed E-state index contributed by atoms with van der Waals surface area (Å²) < 4.78 is 52.6. The fraction of sp³-hybridized carbons (Fsp3) is 0.500. The number of aliphatic carboxylic acids is 1. The Kier molecular flexibility index (Phi) is 5.33. The lowest BCUT2D eigenvalue weighted by Gasteiger charge is -2.32. The van der Waals surface area contributed by atoms with Gasteiger partial charge >= 0.3 is 5.97 Å². The molecule has 0 spiro atoms. The minimum atomic E-state index is -4.26. The highest BCUT2D eigenvalue weighted by atomic mass is 32.2. The quantitative estimate of drug-likeness (QED) is 0.804. The van der Waals surface area contributed by atoms with Gasteiger partial charge in [0.25, 0.3) is 0 Å². The minimum Gasteiger partial charge on any atom is -0.480 e. The third kappa shape index (κ3) is 3.32. The van der Waals surface area contributed by atoms with E-state index in [1.807, 2.05) is 0 Å². The van der Waals surface area contributed by atoms with Gasteiger partial charge in [0.2, 0.25) is 20.0 Å². The van der Waals surface area contributed by atoms with E-state index in [4.69, 9.17) is 0 Å². The third-order valence-corrected chi connectivity index (χ3v) is 7.90. The number of nitrogens with zero attached hydrogens (tertiary/aromatic N) is 2. The topological polar surface area (TPSA) is 112 Å². The third-order valence-electron chi connectivity index (χ3n) is 3.93. The standard InChI is InChI=1S/C14H20N2O6S2/c1-15(2)23(19,20)12-8-3-4-9-13(12)24(21,22)16-10-6-5-7-11(16)14(17)18/h3-4,8-9,11H,5-7,10H2,1-2H3,(H,17,18). The van der Waals surface area contributed by atoms with E-state index in [1.165, 1.54) is 38.4 Å². The van der Waals surface area contributed by atoms with Crippen molar-refractivity contribution >= 4 is 26.0 Å². The van der Waals surface area contributed by atoms with Crippen LogP contribution in [0.2, 0.25) is 0 Å². The van der Waals surface area contributed by atoms with Crippen LogP contribution in [0.3, 0.4) is 0 Å². The second-order valence-electron chi connectivity index (χ2n) is 5.70. The van der Waals surface area contributed by atoms with Crippen LogP contribution in [0.15, 0.2) is 34.1 Å². The fourth-order valence-electron chi connectivity index (χ4n) is 2.64. The largest absolute Gasteiger partial charge is 0.480 e. The van der Waals surface area contributed by atoms with Gasteiger partial charge in [0.15, 0.2) is 0 Å². The molecule has 24 heavy (non-hydrogen) atoms. The molecule has 0 amide bonds. The van der Waals surface area contributed by atoms with Crippen LogP contribution in [0, 0.1) is 0 Å². The average Bonchev–Trinajstić information content (AvgIpc) is 2.54. The zero-order chi connectivity index (χ0) is 18.1. The van der Waals surface area contributed by atoms with E-state index in [1.54, 1.807) is 0 Å². The number of carboxylic acid groups (broad SMARTS) is 1. The van der Waals surface area contributed by atoms with E-state index >= 15 is 0 Å². The number of carbonyl (C=O) groups is 1. The number of hydrogen-bond acceptors (Lipinski definition) is 5. The first-order valence-electron chi connectivity index (χ1n) is 7.36. The monoisotopic (exact) mass is 376 g/mol. The smallest absolute Gasteiger partial charge is 0.322 e. The molecule has 134 valence electrons. The Balaban J connectivity index is 2.61. The van der Waals surface area contributed by atoms with Gasteiger partial charge < -0.3 is 5.11 Å². The molecule has 1 aromatic carbocycles. The van der Waals surface area contributed by atoms with E-state index in [-0.39, 0.29) is 17.9 Å². The van der Waals surface area contributed by atoms with Crippen LogP contribution in [0.5, 0.6) is 0 Å². The van der Waals surface area contributed by atoms with Crippen molar-refractivity contribution < 1.29 is 26.7 Å². The number of benzene rings is 1. The van der Waals surface area contributed by atoms with Crippen LogP contribution in [0.4, 0.5) is 0 Å². The van der Waals surface area contributed by atoms with E-state index in [9.17, 15) is 26.7 Å². The number of carboxylic acids is 1. The van der Waals surface area contributed by atoms with Crippen molar-refractivity contribution in [3.8, 4) is 0 Å². The molecule has 10 heteroatoms. The van der Waals surface area contributed by atoms with E-state index in [2.05, 4.69) is 0 Å². The van der Waals surface area contributed by atoms with Gasteiger partial charge in [0.1, 0.15) is 15.8 Å². The molecule has 0 bridgehead atoms. The molecule has 1 aliphatic rings. The molecule has 1 atom stereocenters. The minimum absolute atomic E-state index is 0.0512. The average molecular weight is 376 g/mol. The van der Waals surface area contributed by atoms with Crippen LogP contribution in [0.25, 0.3) is 0 Å². The first kappa shape index (κ1) is 18.8. The molecule has 1 aromatic rings. The van der Waals surface area contributed by atoms with Crippen molar-refractivity contribution in [2.24, 2.45) is 0 Å². The second-order valence-corrected chi connectivity index (χ2v) is 9.68. The molecule has 1 fully saturated rings. The first-order chi connectivity index (χ1) is 11.1. The van der Waals surface area contributed by atoms with Crippen molar-refractivity contribution in [1.82, 2.24) is 8.61 Å². The van der Waals surface area contributed by atoms with Gasteiger partial charge in [-0.2, -0.15) is 4.31 Å². The van der Waals surface area contributed by atoms with E-state index in [0.717, 1.165) is 8.61 Å². The Labute approximate surface area is 141 Å². The molecule has 0 aliphatic carbocycles. The number of hydrogen-bond donors (Lipinski definition) is 1. The molecular weight excluding hydrogens is 356 g/mol. The molecular formula is C14H20N2O6S2. The van der Waals surface area contributed by atoms with Crippen molar-refractivity contribution in [3.63, 3.8) is 0 Å². The van der Waals surface area contributed by atoms with Crippen LogP contribution in [-0.2, 0) is 24.8 Å². The summed E-state index contributed by atoms with van der Waals surface area (Å²) in [6, 6.07) is 4.07. The van der Waals surface area contributed by atoms with Gasteiger partial charge in [-0.05, 0) is 31.4 Å². The van der Waals surface area contributed by atoms with Crippen LogP contribution in [0.1, 0.15) is 19.3 Å². The summed E-state index contributed by atoms with van der Waals surface area (Å²) in [6.07, 6.45) is 1.35. The molecule has 0 saturated carbocycles. The summed E-state index contributed by atoms with van der Waals surface area (Å²) in [5.74, 6) is -1.23. The molecule has 0 radical (unpaired) electrons. The highest BCUT2D eigenvalue weighted by Gasteiger charge is 2.40. The van der Waals surface area contributed by atoms with Gasteiger partial charge in [-0.3, -0.25) is 4.79 Å². The van der Waals surface area contributed by atoms with Crippen molar-refractivity contribution in [2.75, 3.05) is 20.6 Å². The molecule has 1 N–H and O–H groups in total. The molecule has 8 nitrogen and oxygen atoms in total. The molecule has 1 saturated heterocycles. The molecule has 1 unspecified atom stereocenters. The van der Waals surface area contributed by atoms with Crippen molar-refractivity contribution in [3.05, 3.63) is 24.3 Å². The Morgan fingerprint density at radius 1 is 1.12 bits per heavy atom. The summed E-state index contributed by atoms with van der Waals surface area (Å²) in [6.45, 7) is 0.0512. The van der Waals surface area contributed by atoms with Crippen molar-refractivity contribution in [1.29, 1.82) is 0 Å². The van der Waals surface area contributed by atoms with E-state index in [0.29, 0.717) is 12.8 Å². The molecule has 1 heterocycles. The van der Waals surface area contributed by atoms with Crippen LogP contribution in [-0.4, -0.2) is 63.2 Å².